The molecule has 0 unspecified atom stereocenters. The van der Waals surface area contributed by atoms with E-state index in [1.54, 1.807) is 24.3 Å². The number of carboxylic acid groups (broad SMARTS) is 1. The number of carbonyl (C=O) groups excluding carboxylic acids is 1. The fourth-order valence-electron chi connectivity index (χ4n) is 2.25. The molecular weight excluding hydrogens is 421 g/mol. The van der Waals surface area contributed by atoms with E-state index < -0.39 is 11.9 Å². The number of ether oxygens (including phenoxy) is 2. The predicted octanol–water partition coefficient (Wildman–Crippen LogP) is 3.74. The van der Waals surface area contributed by atoms with E-state index in [2.05, 4.69) is 21.2 Å². The molecule has 2 aromatic carbocycles. The standard InChI is InChI=1S/C19H17BrFNO5/c1-11(23)22-16(19(24)25)8-13-7-15(20)18(17(9-13)26-2)27-10-12-4-3-5-14(21)6-12/h3-9H,10H2,1-2H3,(H,22,23)(H,24,25). The number of halogens is 2. The summed E-state index contributed by atoms with van der Waals surface area (Å²) < 4.78 is 24.8. The monoisotopic (exact) mass is 437 g/mol. The molecule has 0 fully saturated rings. The lowest BCUT2D eigenvalue weighted by molar-refractivity contribution is -0.134. The maximum atomic E-state index is 13.3. The average molecular weight is 438 g/mol. The Labute approximate surface area is 163 Å². The second-order valence-electron chi connectivity index (χ2n) is 5.50. The first-order chi connectivity index (χ1) is 12.8. The van der Waals surface area contributed by atoms with Crippen molar-refractivity contribution in [2.45, 2.75) is 13.5 Å². The maximum absolute atomic E-state index is 13.3. The number of hydrogen-bond acceptors (Lipinski definition) is 4. The van der Waals surface area contributed by atoms with Crippen LogP contribution in [0.15, 0.2) is 46.6 Å². The molecule has 0 aliphatic rings. The zero-order valence-corrected chi connectivity index (χ0v) is 16.2. The van der Waals surface area contributed by atoms with Crippen LogP contribution >= 0.6 is 15.9 Å². The molecule has 0 saturated heterocycles. The Kier molecular flexibility index (Phi) is 6.95. The number of benzene rings is 2. The van der Waals surface area contributed by atoms with Gasteiger partial charge < -0.3 is 19.9 Å². The van der Waals surface area contributed by atoms with E-state index in [4.69, 9.17) is 9.47 Å². The van der Waals surface area contributed by atoms with Gasteiger partial charge in [-0.05, 0) is 57.4 Å². The third-order valence-corrected chi connectivity index (χ3v) is 3.97. The first-order valence-electron chi connectivity index (χ1n) is 7.77. The van der Waals surface area contributed by atoms with Gasteiger partial charge in [-0.15, -0.1) is 0 Å². The molecule has 0 spiro atoms. The van der Waals surface area contributed by atoms with Gasteiger partial charge in [0.05, 0.1) is 11.6 Å². The summed E-state index contributed by atoms with van der Waals surface area (Å²) in [5.74, 6) is -1.40. The number of hydrogen-bond donors (Lipinski definition) is 2. The van der Waals surface area contributed by atoms with E-state index in [1.165, 1.54) is 32.2 Å². The minimum Gasteiger partial charge on any atom is -0.493 e. The average Bonchev–Trinajstić information content (AvgIpc) is 2.59. The number of nitrogens with one attached hydrogen (secondary N) is 1. The molecule has 0 aliphatic heterocycles. The fourth-order valence-corrected chi connectivity index (χ4v) is 2.83. The second-order valence-corrected chi connectivity index (χ2v) is 6.35. The molecular formula is C19H17BrFNO5. The summed E-state index contributed by atoms with van der Waals surface area (Å²) in [7, 11) is 1.44. The lowest BCUT2D eigenvalue weighted by Gasteiger charge is -2.14. The molecule has 2 aromatic rings. The van der Waals surface area contributed by atoms with Gasteiger partial charge in [0.25, 0.3) is 0 Å². The van der Waals surface area contributed by atoms with Crippen molar-refractivity contribution in [3.63, 3.8) is 0 Å². The van der Waals surface area contributed by atoms with Crippen LogP contribution in [0.3, 0.4) is 0 Å². The lowest BCUT2D eigenvalue weighted by Crippen LogP contribution is -2.24. The van der Waals surface area contributed by atoms with Gasteiger partial charge in [0.15, 0.2) is 11.5 Å². The lowest BCUT2D eigenvalue weighted by atomic mass is 10.1. The summed E-state index contributed by atoms with van der Waals surface area (Å²) in [5, 5.41) is 11.4. The van der Waals surface area contributed by atoms with Gasteiger partial charge in [0.2, 0.25) is 5.91 Å². The molecule has 0 bridgehead atoms. The molecule has 142 valence electrons. The Morgan fingerprint density at radius 1 is 1.30 bits per heavy atom. The summed E-state index contributed by atoms with van der Waals surface area (Å²) in [6.45, 7) is 1.34. The van der Waals surface area contributed by atoms with Gasteiger partial charge in [0, 0.05) is 6.92 Å². The van der Waals surface area contributed by atoms with Crippen LogP contribution in [-0.2, 0) is 16.2 Å². The van der Waals surface area contributed by atoms with E-state index >= 15 is 0 Å². The highest BCUT2D eigenvalue weighted by atomic mass is 79.9. The zero-order chi connectivity index (χ0) is 20.0. The van der Waals surface area contributed by atoms with E-state index in [0.29, 0.717) is 27.1 Å². The van der Waals surface area contributed by atoms with Crippen LogP contribution < -0.4 is 14.8 Å². The van der Waals surface area contributed by atoms with Crippen molar-refractivity contribution in [3.8, 4) is 11.5 Å². The smallest absolute Gasteiger partial charge is 0.352 e. The third-order valence-electron chi connectivity index (χ3n) is 3.38. The van der Waals surface area contributed by atoms with Crippen molar-refractivity contribution in [2.75, 3.05) is 7.11 Å². The number of amides is 1. The van der Waals surface area contributed by atoms with E-state index in [-0.39, 0.29) is 18.1 Å². The van der Waals surface area contributed by atoms with Gasteiger partial charge in [-0.25, -0.2) is 9.18 Å². The van der Waals surface area contributed by atoms with Crippen LogP contribution in [0.2, 0.25) is 0 Å². The highest BCUT2D eigenvalue weighted by Gasteiger charge is 2.14. The van der Waals surface area contributed by atoms with Crippen molar-refractivity contribution in [2.24, 2.45) is 0 Å². The first-order valence-corrected chi connectivity index (χ1v) is 8.56. The predicted molar refractivity (Wildman–Crippen MR) is 101 cm³/mol. The Balaban J connectivity index is 2.30. The Morgan fingerprint density at radius 2 is 2.04 bits per heavy atom. The van der Waals surface area contributed by atoms with Crippen LogP contribution in [0, 0.1) is 5.82 Å². The van der Waals surface area contributed by atoms with Crippen molar-refractivity contribution in [1.82, 2.24) is 5.32 Å². The van der Waals surface area contributed by atoms with Gasteiger partial charge in [0.1, 0.15) is 18.1 Å². The summed E-state index contributed by atoms with van der Waals surface area (Å²) in [6.07, 6.45) is 1.30. The fraction of sp³-hybridized carbons (Fsp3) is 0.158. The molecule has 0 atom stereocenters. The summed E-state index contributed by atoms with van der Waals surface area (Å²) in [6, 6.07) is 9.21. The largest absolute Gasteiger partial charge is 0.493 e. The number of carbonyl (C=O) groups is 2. The highest BCUT2D eigenvalue weighted by molar-refractivity contribution is 9.10. The molecule has 2 N–H and O–H groups in total. The normalized spacial score (nSPS) is 11.0. The van der Waals surface area contributed by atoms with Crippen molar-refractivity contribution in [1.29, 1.82) is 0 Å². The Morgan fingerprint density at radius 3 is 2.63 bits per heavy atom. The summed E-state index contributed by atoms with van der Waals surface area (Å²) in [4.78, 5) is 22.4. The second kappa shape index (κ2) is 9.18. The maximum Gasteiger partial charge on any atom is 0.352 e. The zero-order valence-electron chi connectivity index (χ0n) is 14.6. The molecule has 0 saturated carbocycles. The Hall–Kier alpha value is -2.87. The SMILES string of the molecule is COc1cc(C=C(NC(C)=O)C(=O)O)cc(Br)c1OCc1cccc(F)c1. The minimum atomic E-state index is -1.27. The first kappa shape index (κ1) is 20.4. The molecule has 0 aliphatic carbocycles. The van der Waals surface area contributed by atoms with Crippen LogP contribution in [-0.4, -0.2) is 24.1 Å². The van der Waals surface area contributed by atoms with Gasteiger partial charge in [-0.3, -0.25) is 4.79 Å². The molecule has 8 heteroatoms. The molecule has 0 heterocycles. The molecule has 1 amide bonds. The van der Waals surface area contributed by atoms with Crippen LogP contribution in [0.5, 0.6) is 11.5 Å². The van der Waals surface area contributed by atoms with Crippen molar-refractivity contribution < 1.29 is 28.6 Å². The topological polar surface area (TPSA) is 84.9 Å². The minimum absolute atomic E-state index is 0.119. The molecule has 0 radical (unpaired) electrons. The Bertz CT molecular complexity index is 898. The quantitative estimate of drug-likeness (QED) is 0.644. The summed E-state index contributed by atoms with van der Waals surface area (Å²) >= 11 is 3.36. The van der Waals surface area contributed by atoms with Gasteiger partial charge >= 0.3 is 5.97 Å². The molecule has 0 aromatic heterocycles. The number of rotatable bonds is 7. The van der Waals surface area contributed by atoms with E-state index in [0.717, 1.165) is 0 Å². The van der Waals surface area contributed by atoms with Gasteiger partial charge in [-0.1, -0.05) is 12.1 Å². The van der Waals surface area contributed by atoms with Gasteiger partial charge in [-0.2, -0.15) is 0 Å². The number of aliphatic carboxylic acids is 1. The van der Waals surface area contributed by atoms with E-state index in [9.17, 15) is 19.1 Å². The molecule has 27 heavy (non-hydrogen) atoms. The van der Waals surface area contributed by atoms with Crippen LogP contribution in [0.4, 0.5) is 4.39 Å². The molecule has 2 rings (SSSR count). The summed E-state index contributed by atoms with van der Waals surface area (Å²) in [5.41, 5.74) is 0.847. The van der Waals surface area contributed by atoms with Crippen molar-refractivity contribution in [3.05, 3.63) is 63.5 Å². The highest BCUT2D eigenvalue weighted by Crippen LogP contribution is 2.37. The van der Waals surface area contributed by atoms with E-state index in [1.807, 2.05) is 0 Å². The number of carboxylic acids is 1. The van der Waals surface area contributed by atoms with Crippen LogP contribution in [0.25, 0.3) is 6.08 Å². The number of methoxy groups -OCH3 is 1. The third kappa shape index (κ3) is 5.82. The molecule has 6 nitrogen and oxygen atoms in total. The van der Waals surface area contributed by atoms with Crippen molar-refractivity contribution >= 4 is 33.9 Å². The van der Waals surface area contributed by atoms with Crippen LogP contribution in [0.1, 0.15) is 18.1 Å².